The highest BCUT2D eigenvalue weighted by Gasteiger charge is 2.18. The normalized spacial score (nSPS) is 12.2. The molecule has 1 rings (SSSR count). The zero-order chi connectivity index (χ0) is 18.3. The van der Waals surface area contributed by atoms with E-state index in [4.69, 9.17) is 0 Å². The second-order valence-electron chi connectivity index (χ2n) is 5.49. The number of aliphatic imine (C=N–C) groups is 1. The van der Waals surface area contributed by atoms with Gasteiger partial charge in [-0.25, -0.2) is 12.7 Å². The van der Waals surface area contributed by atoms with Gasteiger partial charge in [-0.15, -0.1) is 24.0 Å². The van der Waals surface area contributed by atoms with Crippen molar-refractivity contribution in [3.05, 3.63) is 22.4 Å². The van der Waals surface area contributed by atoms with Gasteiger partial charge in [-0.3, -0.25) is 4.99 Å². The monoisotopic (exact) mass is 549 g/mol. The summed E-state index contributed by atoms with van der Waals surface area (Å²) in [5.74, 6) is 0.721. The summed E-state index contributed by atoms with van der Waals surface area (Å²) in [5, 5.41) is 3.12. The summed E-state index contributed by atoms with van der Waals surface area (Å²) in [7, 11) is 2.38. The van der Waals surface area contributed by atoms with Gasteiger partial charge < -0.3 is 14.8 Å². The summed E-state index contributed by atoms with van der Waals surface area (Å²) in [6.45, 7) is 5.68. The fraction of sp³-hybridized carbons (Fsp3) is 0.667. The van der Waals surface area contributed by atoms with Crippen LogP contribution in [0.5, 0.6) is 0 Å². The van der Waals surface area contributed by atoms with E-state index in [0.29, 0.717) is 32.1 Å². The van der Waals surface area contributed by atoms with E-state index in [2.05, 4.69) is 32.3 Å². The van der Waals surface area contributed by atoms with Crippen LogP contribution in [0.1, 0.15) is 19.5 Å². The molecule has 0 aliphatic rings. The Bertz CT molecular complexity index is 659. The van der Waals surface area contributed by atoms with Gasteiger partial charge in [0, 0.05) is 57.1 Å². The van der Waals surface area contributed by atoms with Crippen molar-refractivity contribution >= 4 is 55.9 Å². The van der Waals surface area contributed by atoms with E-state index in [1.54, 1.807) is 7.05 Å². The lowest BCUT2D eigenvalue weighted by atomic mass is 10.4. The van der Waals surface area contributed by atoms with E-state index in [1.807, 2.05) is 43.6 Å². The Morgan fingerprint density at radius 1 is 1.36 bits per heavy atom. The number of hydrogen-bond donors (Lipinski definition) is 1. The van der Waals surface area contributed by atoms with Crippen LogP contribution in [0.25, 0.3) is 0 Å². The van der Waals surface area contributed by atoms with Crippen molar-refractivity contribution in [2.75, 3.05) is 39.5 Å². The Labute approximate surface area is 177 Å². The van der Waals surface area contributed by atoms with E-state index in [0.717, 1.165) is 10.2 Å². The second-order valence-corrected chi connectivity index (χ2v) is 8.50. The third-order valence-corrected chi connectivity index (χ3v) is 6.25. The van der Waals surface area contributed by atoms with Gasteiger partial charge in [0.05, 0.1) is 12.3 Å². The van der Waals surface area contributed by atoms with Gasteiger partial charge in [-0.2, -0.15) is 0 Å². The SMILES string of the molecule is CCN(CC)S(=O)(=O)CCNC(=NC)N(C)Cc1cc(Br)cn1C.I. The number of aromatic nitrogens is 1. The fourth-order valence-corrected chi connectivity index (χ4v) is 4.44. The molecule has 0 saturated heterocycles. The van der Waals surface area contributed by atoms with Gasteiger partial charge >= 0.3 is 0 Å². The predicted octanol–water partition coefficient (Wildman–Crippen LogP) is 2.08. The Hall–Kier alpha value is -0.330. The minimum atomic E-state index is -3.23. The van der Waals surface area contributed by atoms with Crippen molar-refractivity contribution in [3.8, 4) is 0 Å². The molecule has 7 nitrogen and oxygen atoms in total. The largest absolute Gasteiger partial charge is 0.355 e. The summed E-state index contributed by atoms with van der Waals surface area (Å²) in [5.41, 5.74) is 1.13. The number of halogens is 2. The van der Waals surface area contributed by atoms with Crippen LogP contribution in [0.4, 0.5) is 0 Å². The van der Waals surface area contributed by atoms with E-state index < -0.39 is 10.0 Å². The molecule has 0 atom stereocenters. The molecular weight excluding hydrogens is 521 g/mol. The van der Waals surface area contributed by atoms with Gasteiger partial charge in [0.1, 0.15) is 0 Å². The third kappa shape index (κ3) is 7.43. The zero-order valence-corrected chi connectivity index (χ0v) is 20.2. The highest BCUT2D eigenvalue weighted by Crippen LogP contribution is 2.14. The molecule has 10 heteroatoms. The van der Waals surface area contributed by atoms with Crippen LogP contribution >= 0.6 is 39.9 Å². The highest BCUT2D eigenvalue weighted by atomic mass is 127. The summed E-state index contributed by atoms with van der Waals surface area (Å²) in [6.07, 6.45) is 2.00. The smallest absolute Gasteiger partial charge is 0.215 e. The van der Waals surface area contributed by atoms with Gasteiger partial charge in [-0.1, -0.05) is 13.8 Å². The number of nitrogens with one attached hydrogen (secondary N) is 1. The molecule has 25 heavy (non-hydrogen) atoms. The topological polar surface area (TPSA) is 69.9 Å². The Morgan fingerprint density at radius 3 is 2.40 bits per heavy atom. The number of nitrogens with zero attached hydrogens (tertiary/aromatic N) is 4. The number of rotatable bonds is 8. The number of guanidine groups is 1. The molecule has 0 unspecified atom stereocenters. The van der Waals surface area contributed by atoms with Crippen LogP contribution in [-0.2, 0) is 23.6 Å². The van der Waals surface area contributed by atoms with E-state index >= 15 is 0 Å². The maximum absolute atomic E-state index is 12.2. The van der Waals surface area contributed by atoms with Crippen molar-refractivity contribution in [2.45, 2.75) is 20.4 Å². The molecule has 1 heterocycles. The molecule has 0 fully saturated rings. The molecule has 1 N–H and O–H groups in total. The Morgan fingerprint density at radius 2 is 1.96 bits per heavy atom. The van der Waals surface area contributed by atoms with Crippen LogP contribution in [0.2, 0.25) is 0 Å². The molecule has 0 bridgehead atoms. The zero-order valence-electron chi connectivity index (χ0n) is 15.5. The molecule has 0 aliphatic heterocycles. The Balaban J connectivity index is 0.00000576. The molecule has 0 aliphatic carbocycles. The fourth-order valence-electron chi connectivity index (χ4n) is 2.46. The van der Waals surface area contributed by atoms with Crippen LogP contribution < -0.4 is 5.32 Å². The van der Waals surface area contributed by atoms with Gasteiger partial charge in [0.25, 0.3) is 0 Å². The number of aryl methyl sites for hydroxylation is 1. The number of sulfonamides is 1. The lowest BCUT2D eigenvalue weighted by Crippen LogP contribution is -2.42. The minimum Gasteiger partial charge on any atom is -0.355 e. The summed E-state index contributed by atoms with van der Waals surface area (Å²) >= 11 is 3.46. The molecule has 0 aromatic carbocycles. The van der Waals surface area contributed by atoms with Crippen LogP contribution in [-0.4, -0.2) is 67.6 Å². The standard InChI is InChI=1S/C15H28BrN5O2S.HI/c1-6-21(7-2)24(22,23)9-8-18-15(17-3)20(5)12-14-10-13(16)11-19(14)4;/h10-11H,6-9,12H2,1-5H3,(H,17,18);1H. The first-order valence-electron chi connectivity index (χ1n) is 7.95. The Kier molecular flexibility index (Phi) is 11.2. The maximum Gasteiger partial charge on any atom is 0.215 e. The van der Waals surface area contributed by atoms with Crippen LogP contribution in [0.15, 0.2) is 21.7 Å². The minimum absolute atomic E-state index is 0. The first kappa shape index (κ1) is 24.7. The van der Waals surface area contributed by atoms with Crippen LogP contribution in [0.3, 0.4) is 0 Å². The first-order chi connectivity index (χ1) is 11.2. The maximum atomic E-state index is 12.2. The van der Waals surface area contributed by atoms with Crippen molar-refractivity contribution in [1.82, 2.24) is 19.1 Å². The molecule has 0 amide bonds. The lowest BCUT2D eigenvalue weighted by molar-refractivity contribution is 0.442. The summed E-state index contributed by atoms with van der Waals surface area (Å²) in [6, 6.07) is 2.05. The quantitative estimate of drug-likeness (QED) is 0.306. The third-order valence-electron chi connectivity index (χ3n) is 3.79. The molecule has 1 aromatic rings. The molecule has 0 radical (unpaired) electrons. The predicted molar refractivity (Wildman–Crippen MR) is 118 cm³/mol. The van der Waals surface area contributed by atoms with Gasteiger partial charge in [-0.05, 0) is 22.0 Å². The van der Waals surface area contributed by atoms with Crippen molar-refractivity contribution in [2.24, 2.45) is 12.0 Å². The highest BCUT2D eigenvalue weighted by molar-refractivity contribution is 14.0. The van der Waals surface area contributed by atoms with Gasteiger partial charge in [0.2, 0.25) is 10.0 Å². The van der Waals surface area contributed by atoms with E-state index in [-0.39, 0.29) is 29.7 Å². The number of hydrogen-bond acceptors (Lipinski definition) is 3. The lowest BCUT2D eigenvalue weighted by Gasteiger charge is -2.23. The molecule has 0 spiro atoms. The van der Waals surface area contributed by atoms with Crippen molar-refractivity contribution < 1.29 is 8.42 Å². The average molecular weight is 550 g/mol. The second kappa shape index (κ2) is 11.4. The molecular formula is C15H29BrIN5O2S. The first-order valence-corrected chi connectivity index (χ1v) is 10.4. The van der Waals surface area contributed by atoms with E-state index in [9.17, 15) is 8.42 Å². The summed E-state index contributed by atoms with van der Waals surface area (Å²) < 4.78 is 28.9. The van der Waals surface area contributed by atoms with Crippen molar-refractivity contribution in [3.63, 3.8) is 0 Å². The van der Waals surface area contributed by atoms with Crippen LogP contribution in [0, 0.1) is 0 Å². The molecule has 1 aromatic heterocycles. The van der Waals surface area contributed by atoms with Gasteiger partial charge in [0.15, 0.2) is 5.96 Å². The summed E-state index contributed by atoms with van der Waals surface area (Å²) in [4.78, 5) is 6.19. The van der Waals surface area contributed by atoms with E-state index in [1.165, 1.54) is 4.31 Å². The average Bonchev–Trinajstić information content (AvgIpc) is 2.82. The molecule has 146 valence electrons. The molecule has 0 saturated carbocycles. The van der Waals surface area contributed by atoms with Crippen molar-refractivity contribution in [1.29, 1.82) is 0 Å².